The molecular formula is C14H16N2O5. The number of benzene rings is 1. The molecule has 0 aromatic heterocycles. The van der Waals surface area contributed by atoms with Gasteiger partial charge < -0.3 is 10.4 Å². The fourth-order valence-electron chi connectivity index (χ4n) is 1.76. The first kappa shape index (κ1) is 16.4. The predicted octanol–water partition coefficient (Wildman–Crippen LogP) is 1.98. The van der Waals surface area contributed by atoms with Crippen molar-refractivity contribution >= 4 is 23.6 Å². The van der Waals surface area contributed by atoms with Gasteiger partial charge in [0.1, 0.15) is 0 Å². The second-order valence-electron chi connectivity index (χ2n) is 5.09. The summed E-state index contributed by atoms with van der Waals surface area (Å²) in [5, 5.41) is 22.1. The number of nitrogens with one attached hydrogen (secondary N) is 1. The highest BCUT2D eigenvalue weighted by Gasteiger charge is 2.22. The largest absolute Gasteiger partial charge is 0.481 e. The summed E-state index contributed by atoms with van der Waals surface area (Å²) in [4.78, 5) is 32.7. The van der Waals surface area contributed by atoms with Crippen molar-refractivity contribution < 1.29 is 19.6 Å². The summed E-state index contributed by atoms with van der Waals surface area (Å²) in [5.41, 5.74) is -0.712. The minimum atomic E-state index is -1.03. The van der Waals surface area contributed by atoms with E-state index in [1.165, 1.54) is 24.3 Å². The molecule has 0 saturated carbocycles. The predicted molar refractivity (Wildman–Crippen MR) is 76.6 cm³/mol. The zero-order valence-corrected chi connectivity index (χ0v) is 11.7. The van der Waals surface area contributed by atoms with Crippen LogP contribution >= 0.6 is 0 Å². The maximum Gasteiger partial charge on any atom is 0.305 e. The highest BCUT2D eigenvalue weighted by molar-refractivity contribution is 5.93. The average Bonchev–Trinajstić information content (AvgIpc) is 2.34. The molecule has 0 radical (unpaired) electrons. The number of carbonyl (C=O) groups excluding carboxylic acids is 1. The first-order valence-electron chi connectivity index (χ1n) is 6.17. The number of carboxylic acids is 1. The van der Waals surface area contributed by atoms with Gasteiger partial charge in [0.25, 0.3) is 5.69 Å². The van der Waals surface area contributed by atoms with Crippen LogP contribution in [-0.2, 0) is 9.59 Å². The molecule has 0 aliphatic heterocycles. The van der Waals surface area contributed by atoms with Crippen LogP contribution in [0.2, 0.25) is 0 Å². The molecule has 112 valence electrons. The van der Waals surface area contributed by atoms with Crippen LogP contribution in [-0.4, -0.2) is 27.4 Å². The lowest BCUT2D eigenvalue weighted by molar-refractivity contribution is -0.385. The second-order valence-corrected chi connectivity index (χ2v) is 5.09. The molecule has 0 aliphatic carbocycles. The van der Waals surface area contributed by atoms with E-state index in [-0.39, 0.29) is 12.1 Å². The van der Waals surface area contributed by atoms with Gasteiger partial charge >= 0.3 is 5.97 Å². The van der Waals surface area contributed by atoms with Gasteiger partial charge in [0.15, 0.2) is 0 Å². The highest BCUT2D eigenvalue weighted by atomic mass is 16.6. The Morgan fingerprint density at radius 2 is 2.00 bits per heavy atom. The van der Waals surface area contributed by atoms with Crippen LogP contribution in [0.15, 0.2) is 30.3 Å². The number of nitro groups is 1. The Bertz CT molecular complexity index is 593. The second kappa shape index (κ2) is 6.65. The molecule has 0 saturated heterocycles. The van der Waals surface area contributed by atoms with E-state index < -0.39 is 22.3 Å². The lowest BCUT2D eigenvalue weighted by Crippen LogP contribution is -2.44. The van der Waals surface area contributed by atoms with Crippen LogP contribution < -0.4 is 5.32 Å². The number of nitrogens with zero attached hydrogens (tertiary/aromatic N) is 1. The van der Waals surface area contributed by atoms with Crippen molar-refractivity contribution in [3.05, 3.63) is 46.0 Å². The van der Waals surface area contributed by atoms with Gasteiger partial charge in [-0.25, -0.2) is 0 Å². The summed E-state index contributed by atoms with van der Waals surface area (Å²) in [6.45, 7) is 3.16. The molecule has 21 heavy (non-hydrogen) atoms. The first-order chi connectivity index (χ1) is 9.71. The zero-order chi connectivity index (χ0) is 16.0. The van der Waals surface area contributed by atoms with E-state index in [9.17, 15) is 19.7 Å². The monoisotopic (exact) mass is 292 g/mol. The number of carboxylic acid groups (broad SMARTS) is 1. The number of hydrogen-bond acceptors (Lipinski definition) is 4. The van der Waals surface area contributed by atoms with E-state index in [0.717, 1.165) is 6.08 Å². The molecule has 2 N–H and O–H groups in total. The maximum absolute atomic E-state index is 11.7. The molecule has 0 unspecified atom stereocenters. The van der Waals surface area contributed by atoms with E-state index in [1.54, 1.807) is 19.9 Å². The van der Waals surface area contributed by atoms with Crippen LogP contribution in [0.1, 0.15) is 25.8 Å². The fraction of sp³-hybridized carbons (Fsp3) is 0.286. The number of nitro benzene ring substituents is 1. The molecule has 0 aliphatic rings. The highest BCUT2D eigenvalue weighted by Crippen LogP contribution is 2.19. The molecule has 0 fully saturated rings. The summed E-state index contributed by atoms with van der Waals surface area (Å²) in [5.74, 6) is -1.54. The third-order valence-corrected chi connectivity index (χ3v) is 2.60. The van der Waals surface area contributed by atoms with Crippen LogP contribution in [0.4, 0.5) is 5.69 Å². The Kier molecular flexibility index (Phi) is 5.18. The van der Waals surface area contributed by atoms with Gasteiger partial charge in [-0.05, 0) is 26.0 Å². The third-order valence-electron chi connectivity index (χ3n) is 2.60. The topological polar surface area (TPSA) is 110 Å². The van der Waals surface area contributed by atoms with Gasteiger partial charge in [0.05, 0.1) is 16.9 Å². The van der Waals surface area contributed by atoms with Crippen molar-refractivity contribution in [1.29, 1.82) is 0 Å². The van der Waals surface area contributed by atoms with Crippen molar-refractivity contribution in [2.45, 2.75) is 25.8 Å². The quantitative estimate of drug-likeness (QED) is 0.473. The fourth-order valence-corrected chi connectivity index (χ4v) is 1.76. The van der Waals surface area contributed by atoms with Gasteiger partial charge in [-0.1, -0.05) is 12.1 Å². The molecule has 0 heterocycles. The molecule has 0 spiro atoms. The molecule has 1 aromatic carbocycles. The average molecular weight is 292 g/mol. The molecule has 1 aromatic rings. The van der Waals surface area contributed by atoms with Crippen molar-refractivity contribution in [2.24, 2.45) is 0 Å². The lowest BCUT2D eigenvalue weighted by atomic mass is 10.0. The minimum absolute atomic E-state index is 0.105. The van der Waals surface area contributed by atoms with E-state index in [1.807, 2.05) is 0 Å². The van der Waals surface area contributed by atoms with Gasteiger partial charge in [-0.3, -0.25) is 19.7 Å². The van der Waals surface area contributed by atoms with E-state index in [0.29, 0.717) is 5.56 Å². The minimum Gasteiger partial charge on any atom is -0.481 e. The number of hydrogen-bond donors (Lipinski definition) is 2. The van der Waals surface area contributed by atoms with E-state index >= 15 is 0 Å². The number of rotatable bonds is 6. The van der Waals surface area contributed by atoms with Gasteiger partial charge in [0, 0.05) is 17.7 Å². The number of aliphatic carboxylic acids is 1. The van der Waals surface area contributed by atoms with Crippen LogP contribution in [0, 0.1) is 10.1 Å². The molecular weight excluding hydrogens is 276 g/mol. The summed E-state index contributed by atoms with van der Waals surface area (Å²) < 4.78 is 0. The molecule has 1 rings (SSSR count). The normalized spacial score (nSPS) is 11.3. The van der Waals surface area contributed by atoms with Crippen LogP contribution in [0.25, 0.3) is 6.08 Å². The molecule has 0 bridgehead atoms. The molecule has 1 amide bonds. The van der Waals surface area contributed by atoms with Crippen LogP contribution in [0.5, 0.6) is 0 Å². The Morgan fingerprint density at radius 3 is 2.57 bits per heavy atom. The third kappa shape index (κ3) is 5.43. The Hall–Kier alpha value is -2.70. The standard InChI is InChI=1S/C14H16N2O5/c1-14(2,9-13(18)19)15-12(17)8-7-10-5-3-4-6-11(10)16(20)21/h3-8H,9H2,1-2H3,(H,15,17)(H,18,19). The Balaban J connectivity index is 2.80. The van der Waals surface area contributed by atoms with E-state index in [2.05, 4.69) is 5.32 Å². The Morgan fingerprint density at radius 1 is 1.38 bits per heavy atom. The first-order valence-corrected chi connectivity index (χ1v) is 6.17. The van der Waals surface area contributed by atoms with Crippen molar-refractivity contribution in [2.75, 3.05) is 0 Å². The maximum atomic E-state index is 11.7. The van der Waals surface area contributed by atoms with Crippen molar-refractivity contribution in [3.63, 3.8) is 0 Å². The number of carbonyl (C=O) groups is 2. The van der Waals surface area contributed by atoms with Crippen LogP contribution in [0.3, 0.4) is 0 Å². The number of amides is 1. The van der Waals surface area contributed by atoms with Gasteiger partial charge in [-0.15, -0.1) is 0 Å². The van der Waals surface area contributed by atoms with Gasteiger partial charge in [0.2, 0.25) is 5.91 Å². The Labute approximate surface area is 121 Å². The van der Waals surface area contributed by atoms with Crippen molar-refractivity contribution in [1.82, 2.24) is 5.32 Å². The summed E-state index contributed by atoms with van der Waals surface area (Å²) in [6, 6.07) is 6.01. The molecule has 7 nitrogen and oxygen atoms in total. The SMILES string of the molecule is CC(C)(CC(=O)O)NC(=O)C=Cc1ccccc1[N+](=O)[O-]. The lowest BCUT2D eigenvalue weighted by Gasteiger charge is -2.23. The van der Waals surface area contributed by atoms with E-state index in [4.69, 9.17) is 5.11 Å². The summed E-state index contributed by atoms with van der Waals surface area (Å²) in [6.07, 6.45) is 2.24. The van der Waals surface area contributed by atoms with Gasteiger partial charge in [-0.2, -0.15) is 0 Å². The smallest absolute Gasteiger partial charge is 0.305 e. The molecule has 7 heteroatoms. The number of para-hydroxylation sites is 1. The van der Waals surface area contributed by atoms with Crippen molar-refractivity contribution in [3.8, 4) is 0 Å². The zero-order valence-electron chi connectivity index (χ0n) is 11.7. The summed E-state index contributed by atoms with van der Waals surface area (Å²) >= 11 is 0. The summed E-state index contributed by atoms with van der Waals surface area (Å²) in [7, 11) is 0. The molecule has 0 atom stereocenters.